The van der Waals surface area contributed by atoms with Crippen molar-refractivity contribution < 1.29 is 14.7 Å². The van der Waals surface area contributed by atoms with E-state index in [4.69, 9.17) is 0 Å². The van der Waals surface area contributed by atoms with Crippen LogP contribution in [0.25, 0.3) is 6.08 Å². The predicted molar refractivity (Wildman–Crippen MR) is 101 cm³/mol. The summed E-state index contributed by atoms with van der Waals surface area (Å²) in [5.74, 6) is -0.820. The van der Waals surface area contributed by atoms with Gasteiger partial charge in [-0.3, -0.25) is 4.79 Å². The Morgan fingerprint density at radius 1 is 1.23 bits per heavy atom. The summed E-state index contributed by atoms with van der Waals surface area (Å²) < 4.78 is 0. The molecule has 0 saturated heterocycles. The summed E-state index contributed by atoms with van der Waals surface area (Å²) in [5.41, 5.74) is 2.83. The third-order valence-electron chi connectivity index (χ3n) is 4.11. The molecule has 138 valence electrons. The number of nitrogens with zero attached hydrogens (tertiary/aromatic N) is 2. The molecule has 0 aliphatic rings. The van der Waals surface area contributed by atoms with Crippen molar-refractivity contribution in [2.45, 2.75) is 32.7 Å². The maximum atomic E-state index is 12.4. The lowest BCUT2D eigenvalue weighted by Gasteiger charge is -2.23. The molecule has 0 aliphatic carbocycles. The lowest BCUT2D eigenvalue weighted by molar-refractivity contribution is -0.147. The Labute approximate surface area is 153 Å². The minimum Gasteiger partial charge on any atom is -0.480 e. The van der Waals surface area contributed by atoms with Crippen LogP contribution in [0.2, 0.25) is 0 Å². The van der Waals surface area contributed by atoms with Crippen LogP contribution in [0.4, 0.5) is 0 Å². The molecule has 0 bridgehead atoms. The van der Waals surface area contributed by atoms with Crippen LogP contribution < -0.4 is 0 Å². The first kappa shape index (κ1) is 19.4. The first-order valence-corrected chi connectivity index (χ1v) is 8.60. The molecule has 1 aromatic carbocycles. The largest absolute Gasteiger partial charge is 0.480 e. The van der Waals surface area contributed by atoms with Crippen molar-refractivity contribution >= 4 is 18.0 Å². The van der Waals surface area contributed by atoms with E-state index in [2.05, 4.69) is 23.8 Å². The third kappa shape index (κ3) is 5.58. The van der Waals surface area contributed by atoms with Gasteiger partial charge < -0.3 is 15.0 Å². The van der Waals surface area contributed by atoms with Gasteiger partial charge >= 0.3 is 5.97 Å². The van der Waals surface area contributed by atoms with E-state index in [1.807, 2.05) is 24.3 Å². The number of carboxylic acids is 1. The normalized spacial score (nSPS) is 12.5. The van der Waals surface area contributed by atoms with E-state index in [0.717, 1.165) is 12.0 Å². The molecule has 2 aromatic rings. The highest BCUT2D eigenvalue weighted by Crippen LogP contribution is 2.12. The SMILES string of the molecule is CC(C)Cc1ccc(C=CC(=O)N(C)[C@@H](Cc2cnc[nH]2)C(=O)O)cc1. The fourth-order valence-electron chi connectivity index (χ4n) is 2.67. The van der Waals surface area contributed by atoms with Gasteiger partial charge in [-0.05, 0) is 29.5 Å². The summed E-state index contributed by atoms with van der Waals surface area (Å²) in [6.07, 6.45) is 7.34. The highest BCUT2D eigenvalue weighted by molar-refractivity contribution is 5.94. The van der Waals surface area contributed by atoms with Gasteiger partial charge in [-0.25, -0.2) is 9.78 Å². The van der Waals surface area contributed by atoms with Crippen LogP contribution in [0.15, 0.2) is 42.9 Å². The highest BCUT2D eigenvalue weighted by Gasteiger charge is 2.26. The number of likely N-dealkylation sites (N-methyl/N-ethyl adjacent to an activating group) is 1. The molecule has 1 heterocycles. The second-order valence-corrected chi connectivity index (χ2v) is 6.76. The lowest BCUT2D eigenvalue weighted by Crippen LogP contribution is -2.43. The molecule has 6 nitrogen and oxygen atoms in total. The summed E-state index contributed by atoms with van der Waals surface area (Å²) in [4.78, 5) is 31.8. The lowest BCUT2D eigenvalue weighted by atomic mass is 10.0. The number of carboxylic acid groups (broad SMARTS) is 1. The number of carbonyl (C=O) groups excluding carboxylic acids is 1. The Hall–Kier alpha value is -2.89. The van der Waals surface area contributed by atoms with Crippen LogP contribution in [0.1, 0.15) is 30.7 Å². The average Bonchev–Trinajstić information content (AvgIpc) is 3.10. The van der Waals surface area contributed by atoms with Crippen LogP contribution in [0.5, 0.6) is 0 Å². The Kier molecular flexibility index (Phi) is 6.72. The van der Waals surface area contributed by atoms with E-state index < -0.39 is 12.0 Å². The van der Waals surface area contributed by atoms with E-state index in [-0.39, 0.29) is 12.3 Å². The van der Waals surface area contributed by atoms with Crippen LogP contribution in [0.3, 0.4) is 0 Å². The van der Waals surface area contributed by atoms with Gasteiger partial charge in [0, 0.05) is 31.4 Å². The summed E-state index contributed by atoms with van der Waals surface area (Å²) >= 11 is 0. The molecule has 1 aromatic heterocycles. The maximum Gasteiger partial charge on any atom is 0.326 e. The monoisotopic (exact) mass is 355 g/mol. The van der Waals surface area contributed by atoms with E-state index >= 15 is 0 Å². The topological polar surface area (TPSA) is 86.3 Å². The second-order valence-electron chi connectivity index (χ2n) is 6.76. The highest BCUT2D eigenvalue weighted by atomic mass is 16.4. The van der Waals surface area contributed by atoms with Crippen LogP contribution in [-0.2, 0) is 22.4 Å². The number of imidazole rings is 1. The number of aliphatic carboxylic acids is 1. The van der Waals surface area contributed by atoms with E-state index in [1.54, 1.807) is 12.3 Å². The standard InChI is InChI=1S/C20H25N3O3/c1-14(2)10-16-6-4-15(5-7-16)8-9-19(24)23(3)18(20(25)26)11-17-12-21-13-22-17/h4-9,12-14,18H,10-11H2,1-3H3,(H,21,22)(H,25,26)/t18-/m0/s1. The van der Waals surface area contributed by atoms with Gasteiger partial charge in [0.1, 0.15) is 6.04 Å². The summed E-state index contributed by atoms with van der Waals surface area (Å²) in [5, 5.41) is 9.43. The van der Waals surface area contributed by atoms with E-state index in [1.165, 1.54) is 29.9 Å². The van der Waals surface area contributed by atoms with Gasteiger partial charge in [0.2, 0.25) is 5.91 Å². The smallest absolute Gasteiger partial charge is 0.326 e. The number of H-pyrrole nitrogens is 1. The average molecular weight is 355 g/mol. The molecular formula is C20H25N3O3. The molecule has 0 saturated carbocycles. The molecule has 6 heteroatoms. The number of aromatic nitrogens is 2. The molecule has 0 spiro atoms. The first-order valence-electron chi connectivity index (χ1n) is 8.60. The van der Waals surface area contributed by atoms with Gasteiger partial charge in [-0.2, -0.15) is 0 Å². The minimum atomic E-state index is -1.05. The van der Waals surface area contributed by atoms with Crippen molar-refractivity contribution in [2.24, 2.45) is 5.92 Å². The van der Waals surface area contributed by atoms with Crippen molar-refractivity contribution in [1.82, 2.24) is 14.9 Å². The van der Waals surface area contributed by atoms with Gasteiger partial charge in [0.15, 0.2) is 0 Å². The number of benzene rings is 1. The van der Waals surface area contributed by atoms with Gasteiger partial charge in [0.25, 0.3) is 0 Å². The molecule has 1 amide bonds. The molecule has 0 aliphatic heterocycles. The molecule has 26 heavy (non-hydrogen) atoms. The fraction of sp³-hybridized carbons (Fsp3) is 0.350. The van der Waals surface area contributed by atoms with Gasteiger partial charge in [0.05, 0.1) is 6.33 Å². The number of rotatable bonds is 8. The Balaban J connectivity index is 2.01. The number of aromatic amines is 1. The van der Waals surface area contributed by atoms with Crippen molar-refractivity contribution in [3.8, 4) is 0 Å². The molecular weight excluding hydrogens is 330 g/mol. The quantitative estimate of drug-likeness (QED) is 0.713. The molecule has 2 N–H and O–H groups in total. The molecule has 0 unspecified atom stereocenters. The molecule has 0 fully saturated rings. The fourth-order valence-corrected chi connectivity index (χ4v) is 2.67. The zero-order valence-corrected chi connectivity index (χ0v) is 15.3. The van der Waals surface area contributed by atoms with Crippen molar-refractivity contribution in [1.29, 1.82) is 0 Å². The third-order valence-corrected chi connectivity index (χ3v) is 4.11. The number of nitrogens with one attached hydrogen (secondary N) is 1. The second kappa shape index (κ2) is 8.99. The van der Waals surface area contributed by atoms with E-state index in [0.29, 0.717) is 11.6 Å². The summed E-state index contributed by atoms with van der Waals surface area (Å²) in [7, 11) is 1.49. The molecule has 0 radical (unpaired) electrons. The first-order chi connectivity index (χ1) is 12.4. The zero-order chi connectivity index (χ0) is 19.1. The Morgan fingerprint density at radius 2 is 1.92 bits per heavy atom. The van der Waals surface area contributed by atoms with Crippen molar-refractivity contribution in [3.63, 3.8) is 0 Å². The van der Waals surface area contributed by atoms with Crippen LogP contribution >= 0.6 is 0 Å². The maximum absolute atomic E-state index is 12.4. The number of carbonyl (C=O) groups is 2. The molecule has 1 atom stereocenters. The predicted octanol–water partition coefficient (Wildman–Crippen LogP) is 2.78. The number of hydrogen-bond acceptors (Lipinski definition) is 3. The van der Waals surface area contributed by atoms with E-state index in [9.17, 15) is 14.7 Å². The minimum absolute atomic E-state index is 0.176. The van der Waals surface area contributed by atoms with Crippen molar-refractivity contribution in [2.75, 3.05) is 7.05 Å². The number of hydrogen-bond donors (Lipinski definition) is 2. The summed E-state index contributed by atoms with van der Waals surface area (Å²) in [6, 6.07) is 7.06. The van der Waals surface area contributed by atoms with Gasteiger partial charge in [-0.15, -0.1) is 0 Å². The summed E-state index contributed by atoms with van der Waals surface area (Å²) in [6.45, 7) is 4.34. The Morgan fingerprint density at radius 3 is 2.46 bits per heavy atom. The van der Waals surface area contributed by atoms with Crippen LogP contribution in [0, 0.1) is 5.92 Å². The zero-order valence-electron chi connectivity index (χ0n) is 15.3. The van der Waals surface area contributed by atoms with Crippen molar-refractivity contribution in [3.05, 3.63) is 59.7 Å². The van der Waals surface area contributed by atoms with Crippen LogP contribution in [-0.4, -0.2) is 44.9 Å². The molecule has 2 rings (SSSR count). The van der Waals surface area contributed by atoms with Gasteiger partial charge in [-0.1, -0.05) is 38.1 Å². The number of amides is 1. The Bertz CT molecular complexity index is 749.